The molecule has 0 radical (unpaired) electrons. The molecule has 0 atom stereocenters. The number of hydrogen-bond acceptors (Lipinski definition) is 2. The van der Waals surface area contributed by atoms with Gasteiger partial charge in [0.2, 0.25) is 0 Å². The Kier molecular flexibility index (Phi) is 152. The normalized spacial score (nSPS) is 2.22. The zero-order chi connectivity index (χ0) is 6.12. The second-order valence-corrected chi connectivity index (χ2v) is 0.500. The summed E-state index contributed by atoms with van der Waals surface area (Å²) in [6.07, 6.45) is 6.18. The van der Waals surface area contributed by atoms with E-state index in [9.17, 15) is 0 Å². The van der Waals surface area contributed by atoms with Gasteiger partial charge in [0.25, 0.3) is 0 Å². The molecule has 0 aliphatic heterocycles. The van der Waals surface area contributed by atoms with E-state index in [0.717, 1.165) is 0 Å². The molecule has 0 aliphatic rings. The molecular weight excluding hydrogens is 163 g/mol. The second kappa shape index (κ2) is 56.8. The van der Waals surface area contributed by atoms with Crippen molar-refractivity contribution in [3.8, 4) is 17.8 Å². The van der Waals surface area contributed by atoms with Crippen molar-refractivity contribution in [3.05, 3.63) is 16.4 Å². The molecule has 0 aromatic rings. The van der Waals surface area contributed by atoms with Gasteiger partial charge < -0.3 is 6.42 Å². The van der Waals surface area contributed by atoms with Crippen molar-refractivity contribution < 1.29 is 19.3 Å². The van der Waals surface area contributed by atoms with E-state index in [1.165, 1.54) is 0 Å². The minimum absolute atomic E-state index is 0. The first-order valence-corrected chi connectivity index (χ1v) is 1.42. The van der Waals surface area contributed by atoms with Gasteiger partial charge in [0.05, 0.1) is 0 Å². The summed E-state index contributed by atoms with van der Waals surface area (Å²) < 4.78 is 0. The van der Waals surface area contributed by atoms with Crippen molar-refractivity contribution in [2.75, 3.05) is 0 Å². The molecular formula is C6H11NiO2-. The standard InChI is InChI=1S/C5H3.CH4.Ni.O2.2H2/c1-3-5-4-2;;;1-2;;/h1H3;1H4;;;2*1H/q-1;;;;;. The molecule has 0 saturated carbocycles. The Bertz CT molecular complexity index is 123. The number of hydrogen-bond donors (Lipinski definition) is 0. The van der Waals surface area contributed by atoms with Crippen molar-refractivity contribution in [2.45, 2.75) is 14.4 Å². The third-order valence-electron chi connectivity index (χ3n) is 0.188. The first-order valence-electron chi connectivity index (χ1n) is 1.42. The first-order chi connectivity index (χ1) is 3.41. The molecule has 0 spiro atoms. The van der Waals surface area contributed by atoms with E-state index in [2.05, 4.69) is 11.8 Å². The average Bonchev–Trinajstić information content (AvgIpc) is 1.75. The Labute approximate surface area is 68.5 Å². The van der Waals surface area contributed by atoms with Crippen LogP contribution in [0.2, 0.25) is 0 Å². The predicted octanol–water partition coefficient (Wildman–Crippen LogP) is 1.79. The molecule has 0 rings (SSSR count). The summed E-state index contributed by atoms with van der Waals surface area (Å²) in [5.74, 6) is 6.65. The Morgan fingerprint density at radius 1 is 1.44 bits per heavy atom. The molecule has 0 aromatic carbocycles. The zero-order valence-corrected chi connectivity index (χ0v) is 5.12. The van der Waals surface area contributed by atoms with Crippen LogP contribution in [0, 0.1) is 34.1 Å². The maximum atomic E-state index is 7.00. The Balaban J connectivity index is -0.00000000972. The van der Waals surface area contributed by atoms with E-state index in [1.807, 2.05) is 5.92 Å². The molecule has 0 unspecified atom stereocenters. The monoisotopic (exact) mass is 173 g/mol. The Morgan fingerprint density at radius 2 is 1.78 bits per heavy atom. The molecule has 0 bridgehead atoms. The van der Waals surface area contributed by atoms with Crippen molar-refractivity contribution in [1.82, 2.24) is 0 Å². The quantitative estimate of drug-likeness (QED) is 0.318. The fraction of sp³-hybridized carbons (Fsp3) is 0.333. The molecule has 3 heteroatoms. The Hall–Kier alpha value is -0.786. The maximum absolute atomic E-state index is 7.00. The van der Waals surface area contributed by atoms with Gasteiger partial charge in [-0.15, -0.1) is 0 Å². The first kappa shape index (κ1) is 24.1. The van der Waals surface area contributed by atoms with Crippen LogP contribution < -0.4 is 0 Å². The van der Waals surface area contributed by atoms with Crippen LogP contribution in [0.25, 0.3) is 0 Å². The molecule has 0 amide bonds. The van der Waals surface area contributed by atoms with Crippen LogP contribution in [-0.4, -0.2) is 0 Å². The van der Waals surface area contributed by atoms with Gasteiger partial charge in [0, 0.05) is 29.3 Å². The summed E-state index contributed by atoms with van der Waals surface area (Å²) in [5, 5.41) is 0. The van der Waals surface area contributed by atoms with Gasteiger partial charge >= 0.3 is 0 Å². The van der Waals surface area contributed by atoms with Crippen LogP contribution in [0.4, 0.5) is 0 Å². The van der Waals surface area contributed by atoms with Crippen molar-refractivity contribution >= 4 is 0 Å². The second-order valence-electron chi connectivity index (χ2n) is 0.500. The summed E-state index contributed by atoms with van der Waals surface area (Å²) in [6.45, 7) is 1.67. The Morgan fingerprint density at radius 3 is 1.78 bits per heavy atom. The summed E-state index contributed by atoms with van der Waals surface area (Å²) >= 11 is 0. The van der Waals surface area contributed by atoms with Gasteiger partial charge in [-0.25, -0.2) is 5.92 Å². The SMILES string of the molecule is C.O=O.[C-]#CC#CC.[HH].[HH].[Ni]. The fourth-order valence-corrected chi connectivity index (χ4v) is 0.0625. The topological polar surface area (TPSA) is 34.1 Å². The van der Waals surface area contributed by atoms with E-state index in [4.69, 9.17) is 16.4 Å². The van der Waals surface area contributed by atoms with Gasteiger partial charge in [-0.2, -0.15) is 0 Å². The van der Waals surface area contributed by atoms with Gasteiger partial charge in [0.1, 0.15) is 0 Å². The smallest absolute Gasteiger partial charge is 0 e. The summed E-state index contributed by atoms with van der Waals surface area (Å²) in [7, 11) is 0. The molecule has 0 saturated heterocycles. The molecule has 0 N–H and O–H groups in total. The molecule has 0 aromatic heterocycles. The molecule has 0 fully saturated rings. The van der Waals surface area contributed by atoms with Gasteiger partial charge in [-0.1, -0.05) is 7.43 Å². The fourth-order valence-electron chi connectivity index (χ4n) is 0.0625. The largest absolute Gasteiger partial charge is 0.358 e. The average molecular weight is 174 g/mol. The summed E-state index contributed by atoms with van der Waals surface area (Å²) in [5.41, 5.74) is 0. The van der Waals surface area contributed by atoms with Crippen molar-refractivity contribution in [2.24, 2.45) is 0 Å². The molecule has 58 valence electrons. The maximum Gasteiger partial charge on any atom is 0 e. The minimum atomic E-state index is 0. The molecule has 0 heterocycles. The van der Waals surface area contributed by atoms with E-state index in [1.54, 1.807) is 6.92 Å². The van der Waals surface area contributed by atoms with E-state index >= 15 is 0 Å². The predicted molar refractivity (Wildman–Crippen MR) is 38.3 cm³/mol. The van der Waals surface area contributed by atoms with Crippen LogP contribution in [0.15, 0.2) is 0 Å². The van der Waals surface area contributed by atoms with Gasteiger partial charge in [0.15, 0.2) is 0 Å². The van der Waals surface area contributed by atoms with Crippen LogP contribution in [0.3, 0.4) is 0 Å². The zero-order valence-electron chi connectivity index (χ0n) is 4.13. The van der Waals surface area contributed by atoms with Crippen LogP contribution in [-0.2, 0) is 16.5 Å². The van der Waals surface area contributed by atoms with Crippen molar-refractivity contribution in [3.63, 3.8) is 0 Å². The molecule has 9 heavy (non-hydrogen) atoms. The van der Waals surface area contributed by atoms with Crippen LogP contribution in [0.1, 0.15) is 17.2 Å². The number of rotatable bonds is 0. The molecule has 0 aliphatic carbocycles. The van der Waals surface area contributed by atoms with Gasteiger partial charge in [-0.05, 0) is 6.92 Å². The van der Waals surface area contributed by atoms with E-state index < -0.39 is 0 Å². The third kappa shape index (κ3) is 133. The summed E-state index contributed by atoms with van der Waals surface area (Å²) in [4.78, 5) is 14.0. The van der Waals surface area contributed by atoms with Crippen LogP contribution in [0.5, 0.6) is 0 Å². The van der Waals surface area contributed by atoms with E-state index in [-0.39, 0.29) is 26.8 Å². The van der Waals surface area contributed by atoms with Gasteiger partial charge in [-0.3, -0.25) is 11.8 Å². The van der Waals surface area contributed by atoms with E-state index in [0.29, 0.717) is 0 Å². The van der Waals surface area contributed by atoms with Crippen molar-refractivity contribution in [1.29, 1.82) is 0 Å². The minimum Gasteiger partial charge on any atom is -0.358 e. The molecule has 2 nitrogen and oxygen atoms in total. The third-order valence-corrected chi connectivity index (χ3v) is 0.188. The summed E-state index contributed by atoms with van der Waals surface area (Å²) in [6, 6.07) is 0. The van der Waals surface area contributed by atoms with Crippen LogP contribution >= 0.6 is 0 Å².